The number of aryl methyl sites for hydroxylation is 1. The molecule has 0 aliphatic carbocycles. The number of carbonyl (C=O) groups excluding carboxylic acids is 1. The summed E-state index contributed by atoms with van der Waals surface area (Å²) in [6, 6.07) is 13.2. The molecule has 1 amide bonds. The summed E-state index contributed by atoms with van der Waals surface area (Å²) in [5.74, 6) is -0.166. The molecule has 134 valence electrons. The average molecular weight is 371 g/mol. The molecule has 0 fully saturated rings. The zero-order valence-electron chi connectivity index (χ0n) is 14.3. The molecule has 1 N–H and O–H groups in total. The quantitative estimate of drug-likeness (QED) is 0.739. The van der Waals surface area contributed by atoms with Crippen LogP contribution in [-0.2, 0) is 9.84 Å². The molecule has 2 aromatic carbocycles. The summed E-state index contributed by atoms with van der Waals surface area (Å²) in [5, 5.41) is 10.2. The number of aromatic nitrogens is 2. The largest absolute Gasteiger partial charge is 0.403 e. The monoisotopic (exact) mass is 371 g/mol. The Balaban J connectivity index is 1.74. The van der Waals surface area contributed by atoms with E-state index in [1.54, 1.807) is 6.92 Å². The van der Waals surface area contributed by atoms with Gasteiger partial charge in [0.25, 0.3) is 5.91 Å². The minimum Gasteiger partial charge on any atom is -0.403 e. The number of carbonyl (C=O) groups is 1. The second-order valence-electron chi connectivity index (χ2n) is 5.66. The van der Waals surface area contributed by atoms with Crippen molar-refractivity contribution in [2.75, 3.05) is 11.1 Å². The third kappa shape index (κ3) is 3.80. The first kappa shape index (κ1) is 17.8. The maximum Gasteiger partial charge on any atom is 0.322 e. The second kappa shape index (κ2) is 7.09. The van der Waals surface area contributed by atoms with E-state index in [4.69, 9.17) is 4.42 Å². The van der Waals surface area contributed by atoms with Gasteiger partial charge in [-0.05, 0) is 43.3 Å². The Kier molecular flexibility index (Phi) is 4.85. The highest BCUT2D eigenvalue weighted by molar-refractivity contribution is 7.91. The average Bonchev–Trinajstić information content (AvgIpc) is 3.10. The fourth-order valence-corrected chi connectivity index (χ4v) is 3.20. The Hall–Kier alpha value is -3.00. The Morgan fingerprint density at radius 3 is 2.50 bits per heavy atom. The SMILES string of the molecule is CCS(=O)(=O)c1ccc(C(=O)Nc2nnc(-c3cccc(C)c3)o2)cc1. The molecule has 3 rings (SSSR count). The first-order chi connectivity index (χ1) is 12.4. The van der Waals surface area contributed by atoms with Gasteiger partial charge in [-0.15, -0.1) is 5.10 Å². The lowest BCUT2D eigenvalue weighted by atomic mass is 10.1. The molecule has 1 heterocycles. The van der Waals surface area contributed by atoms with Crippen LogP contribution in [0.25, 0.3) is 11.5 Å². The molecule has 26 heavy (non-hydrogen) atoms. The second-order valence-corrected chi connectivity index (χ2v) is 7.94. The van der Waals surface area contributed by atoms with Crippen LogP contribution in [0.1, 0.15) is 22.8 Å². The first-order valence-electron chi connectivity index (χ1n) is 7.94. The van der Waals surface area contributed by atoms with Gasteiger partial charge in [-0.3, -0.25) is 10.1 Å². The van der Waals surface area contributed by atoms with Crippen molar-refractivity contribution in [2.24, 2.45) is 0 Å². The molecule has 0 unspecified atom stereocenters. The van der Waals surface area contributed by atoms with Crippen LogP contribution in [0.5, 0.6) is 0 Å². The van der Waals surface area contributed by atoms with Crippen molar-refractivity contribution >= 4 is 21.8 Å². The number of hydrogen-bond donors (Lipinski definition) is 1. The smallest absolute Gasteiger partial charge is 0.322 e. The van der Waals surface area contributed by atoms with Gasteiger partial charge in [0.05, 0.1) is 10.6 Å². The minimum absolute atomic E-state index is 0.00225. The normalized spacial score (nSPS) is 11.3. The Morgan fingerprint density at radius 2 is 1.85 bits per heavy atom. The fraction of sp³-hybridized carbons (Fsp3) is 0.167. The van der Waals surface area contributed by atoms with Crippen LogP contribution in [0.2, 0.25) is 0 Å². The summed E-state index contributed by atoms with van der Waals surface area (Å²) in [5.41, 5.74) is 2.09. The van der Waals surface area contributed by atoms with E-state index in [0.29, 0.717) is 5.89 Å². The molecular weight excluding hydrogens is 354 g/mol. The molecule has 0 spiro atoms. The van der Waals surface area contributed by atoms with E-state index < -0.39 is 15.7 Å². The van der Waals surface area contributed by atoms with Crippen molar-refractivity contribution in [1.29, 1.82) is 0 Å². The van der Waals surface area contributed by atoms with E-state index in [1.807, 2.05) is 31.2 Å². The predicted molar refractivity (Wildman–Crippen MR) is 96.6 cm³/mol. The Labute approximate surface area is 151 Å². The molecule has 0 aliphatic heterocycles. The Morgan fingerprint density at radius 1 is 1.12 bits per heavy atom. The number of nitrogens with one attached hydrogen (secondary N) is 1. The summed E-state index contributed by atoms with van der Waals surface area (Å²) in [4.78, 5) is 12.4. The van der Waals surface area contributed by atoms with Crippen LogP contribution in [0.15, 0.2) is 57.8 Å². The topological polar surface area (TPSA) is 102 Å². The number of rotatable bonds is 5. The van der Waals surface area contributed by atoms with E-state index in [0.717, 1.165) is 11.1 Å². The first-order valence-corrected chi connectivity index (χ1v) is 9.59. The molecular formula is C18H17N3O4S. The van der Waals surface area contributed by atoms with Crippen LogP contribution in [-0.4, -0.2) is 30.3 Å². The summed E-state index contributed by atoms with van der Waals surface area (Å²) in [7, 11) is -3.30. The molecule has 0 aliphatic rings. The van der Waals surface area contributed by atoms with Gasteiger partial charge in [-0.2, -0.15) is 0 Å². The van der Waals surface area contributed by atoms with Gasteiger partial charge in [-0.25, -0.2) is 8.42 Å². The Bertz CT molecular complexity index is 1040. The predicted octanol–water partition coefficient (Wildman–Crippen LogP) is 3.09. The van der Waals surface area contributed by atoms with Crippen LogP contribution >= 0.6 is 0 Å². The molecule has 1 aromatic heterocycles. The highest BCUT2D eigenvalue weighted by Crippen LogP contribution is 2.21. The van der Waals surface area contributed by atoms with Crippen molar-refractivity contribution in [3.63, 3.8) is 0 Å². The summed E-state index contributed by atoms with van der Waals surface area (Å²) in [6.45, 7) is 3.52. The van der Waals surface area contributed by atoms with Gasteiger partial charge in [0, 0.05) is 11.1 Å². The number of benzene rings is 2. The van der Waals surface area contributed by atoms with Gasteiger partial charge < -0.3 is 4.42 Å². The zero-order valence-corrected chi connectivity index (χ0v) is 15.1. The highest BCUT2D eigenvalue weighted by atomic mass is 32.2. The summed E-state index contributed by atoms with van der Waals surface area (Å²) >= 11 is 0. The molecule has 0 saturated carbocycles. The fourth-order valence-electron chi connectivity index (χ4n) is 2.32. The van der Waals surface area contributed by atoms with Crippen molar-refractivity contribution in [3.05, 3.63) is 59.7 Å². The van der Waals surface area contributed by atoms with Crippen LogP contribution in [0.4, 0.5) is 6.01 Å². The van der Waals surface area contributed by atoms with Gasteiger partial charge in [0.1, 0.15) is 0 Å². The highest BCUT2D eigenvalue weighted by Gasteiger charge is 2.15. The van der Waals surface area contributed by atoms with Gasteiger partial charge in [0.15, 0.2) is 9.84 Å². The maximum atomic E-state index is 12.3. The van der Waals surface area contributed by atoms with E-state index in [1.165, 1.54) is 24.3 Å². The molecule has 0 bridgehead atoms. The number of anilines is 1. The minimum atomic E-state index is -3.30. The molecule has 7 nitrogen and oxygen atoms in total. The third-order valence-corrected chi connectivity index (χ3v) is 5.52. The molecule has 3 aromatic rings. The lowest BCUT2D eigenvalue weighted by Crippen LogP contribution is -2.12. The molecule has 0 saturated heterocycles. The third-order valence-electron chi connectivity index (χ3n) is 3.77. The van der Waals surface area contributed by atoms with Gasteiger partial charge in [0.2, 0.25) is 5.89 Å². The molecule has 8 heteroatoms. The number of hydrogen-bond acceptors (Lipinski definition) is 6. The van der Waals surface area contributed by atoms with Crippen LogP contribution in [0.3, 0.4) is 0 Å². The van der Waals surface area contributed by atoms with Crippen LogP contribution < -0.4 is 5.32 Å². The lowest BCUT2D eigenvalue weighted by Gasteiger charge is -2.03. The van der Waals surface area contributed by atoms with E-state index >= 15 is 0 Å². The van der Waals surface area contributed by atoms with Crippen molar-refractivity contribution in [2.45, 2.75) is 18.7 Å². The van der Waals surface area contributed by atoms with Crippen molar-refractivity contribution in [3.8, 4) is 11.5 Å². The summed E-state index contributed by atoms with van der Waals surface area (Å²) < 4.78 is 29.1. The number of nitrogens with zero attached hydrogens (tertiary/aromatic N) is 2. The van der Waals surface area contributed by atoms with Crippen LogP contribution in [0, 0.1) is 6.92 Å². The maximum absolute atomic E-state index is 12.3. The molecule has 0 radical (unpaired) electrons. The lowest BCUT2D eigenvalue weighted by molar-refractivity contribution is 0.102. The standard InChI is InChI=1S/C18H17N3O4S/c1-3-26(23,24)15-9-7-13(8-10-15)16(22)19-18-21-20-17(25-18)14-6-4-5-12(2)11-14/h4-11H,3H2,1-2H3,(H,19,21,22). The van der Waals surface area contributed by atoms with Gasteiger partial charge in [-0.1, -0.05) is 29.7 Å². The zero-order chi connectivity index (χ0) is 18.7. The molecule has 0 atom stereocenters. The van der Waals surface area contributed by atoms with Crippen molar-refractivity contribution in [1.82, 2.24) is 10.2 Å². The number of amides is 1. The van der Waals surface area contributed by atoms with E-state index in [2.05, 4.69) is 15.5 Å². The van der Waals surface area contributed by atoms with Gasteiger partial charge >= 0.3 is 6.01 Å². The van der Waals surface area contributed by atoms with Crippen molar-refractivity contribution < 1.29 is 17.6 Å². The number of sulfone groups is 1. The van der Waals surface area contributed by atoms with E-state index in [-0.39, 0.29) is 22.2 Å². The van der Waals surface area contributed by atoms with E-state index in [9.17, 15) is 13.2 Å². The summed E-state index contributed by atoms with van der Waals surface area (Å²) in [6.07, 6.45) is 0.